The van der Waals surface area contributed by atoms with Crippen molar-refractivity contribution in [3.63, 3.8) is 0 Å². The normalized spacial score (nSPS) is 17.0. The summed E-state index contributed by atoms with van der Waals surface area (Å²) in [6, 6.07) is 8.56. The van der Waals surface area contributed by atoms with Crippen LogP contribution in [0.1, 0.15) is 12.5 Å². The number of aliphatic imine (C=N–C) groups is 1. The molecule has 1 fully saturated rings. The number of carbonyl (C=O) groups excluding carboxylic acids is 1. The Balaban J connectivity index is 1.72. The Hall–Kier alpha value is -3.50. The summed E-state index contributed by atoms with van der Waals surface area (Å²) in [5.74, 6) is 1.46. The quantitative estimate of drug-likeness (QED) is 0.210. The molecule has 0 aliphatic carbocycles. The number of hydrogen-bond donors (Lipinski definition) is 1. The molecule has 12 heteroatoms. The fourth-order valence-corrected chi connectivity index (χ4v) is 6.28. The third-order valence-corrected chi connectivity index (χ3v) is 8.31. The Kier molecular flexibility index (Phi) is 7.83. The van der Waals surface area contributed by atoms with Gasteiger partial charge in [0.15, 0.2) is 5.82 Å². The van der Waals surface area contributed by atoms with Gasteiger partial charge in [-0.15, -0.1) is 11.8 Å². The number of nitrogens with zero attached hydrogens (tertiary/aromatic N) is 6. The van der Waals surface area contributed by atoms with Gasteiger partial charge in [-0.1, -0.05) is 42.3 Å². The number of halogens is 1. The van der Waals surface area contributed by atoms with E-state index in [2.05, 4.69) is 39.0 Å². The lowest BCUT2D eigenvalue weighted by Crippen LogP contribution is -2.56. The van der Waals surface area contributed by atoms with Crippen LogP contribution in [-0.4, -0.2) is 84.2 Å². The number of benzene rings is 1. The van der Waals surface area contributed by atoms with E-state index in [1.807, 2.05) is 24.1 Å². The van der Waals surface area contributed by atoms with Crippen molar-refractivity contribution in [1.29, 1.82) is 0 Å². The predicted molar refractivity (Wildman–Crippen MR) is 167 cm³/mol. The number of phenols is 1. The number of amides is 1. The topological polar surface area (TPSA) is 85.2 Å². The highest BCUT2D eigenvalue weighted by Crippen LogP contribution is 2.44. The lowest BCUT2D eigenvalue weighted by Gasteiger charge is -2.43. The molecule has 3 aromatic rings. The van der Waals surface area contributed by atoms with Crippen LogP contribution >= 0.6 is 27.7 Å². The lowest BCUT2D eigenvalue weighted by molar-refractivity contribution is -0.128. The summed E-state index contributed by atoms with van der Waals surface area (Å²) in [7, 11) is 12.9. The van der Waals surface area contributed by atoms with Crippen LogP contribution in [0.2, 0.25) is 0 Å². The number of aromatic nitrogens is 2. The van der Waals surface area contributed by atoms with Crippen LogP contribution in [0.3, 0.4) is 0 Å². The molecule has 1 aromatic carbocycles. The smallest absolute Gasteiger partial charge is 0.246 e. The summed E-state index contributed by atoms with van der Waals surface area (Å²) in [4.78, 5) is 33.4. The van der Waals surface area contributed by atoms with Crippen molar-refractivity contribution in [2.45, 2.75) is 17.9 Å². The highest BCUT2D eigenvalue weighted by molar-refractivity contribution is 9.10. The molecule has 8 nitrogen and oxygen atoms in total. The third-order valence-electron chi connectivity index (χ3n) is 6.96. The molecule has 198 valence electrons. The van der Waals surface area contributed by atoms with Gasteiger partial charge in [-0.25, -0.2) is 15.0 Å². The van der Waals surface area contributed by atoms with E-state index >= 15 is 0 Å². The van der Waals surface area contributed by atoms with Crippen LogP contribution in [0.15, 0.2) is 76.1 Å². The van der Waals surface area contributed by atoms with Crippen molar-refractivity contribution < 1.29 is 9.90 Å². The standard InChI is InChI=1S/C28H25B2BrN6O2S/c1-5-22(39)35-11-12-36(15(2)14-35)27-17-13-19(30)24(23-18(29)7-6-8-20(23)38)34-28(17)37(16(3)33-27)25-21(40-4)9-10-32-26(25)31/h5-10,13,15,38H,1,3,11-12,14H2,2,4H3. The van der Waals surface area contributed by atoms with Crippen molar-refractivity contribution in [1.82, 2.24) is 19.8 Å². The summed E-state index contributed by atoms with van der Waals surface area (Å²) in [6.07, 6.45) is 5.03. The molecule has 40 heavy (non-hydrogen) atoms. The first-order valence-corrected chi connectivity index (χ1v) is 14.5. The maximum absolute atomic E-state index is 12.3. The van der Waals surface area contributed by atoms with Crippen LogP contribution in [-0.2, 0) is 4.79 Å². The number of phenolic OH excluding ortho intramolecular Hbond substituents is 1. The average Bonchev–Trinajstić information content (AvgIpc) is 2.93. The molecule has 0 saturated carbocycles. The van der Waals surface area contributed by atoms with E-state index in [9.17, 15) is 9.90 Å². The minimum atomic E-state index is -0.102. The number of carbonyl (C=O) groups is 1. The van der Waals surface area contributed by atoms with Gasteiger partial charge in [-0.05, 0) is 47.3 Å². The van der Waals surface area contributed by atoms with Crippen LogP contribution in [0.5, 0.6) is 5.75 Å². The Bertz CT molecular complexity index is 1560. The molecule has 1 unspecified atom stereocenters. The van der Waals surface area contributed by atoms with Gasteiger partial charge in [0.25, 0.3) is 0 Å². The number of hydrogen-bond acceptors (Lipinski definition) is 8. The average molecular weight is 611 g/mol. The van der Waals surface area contributed by atoms with Crippen molar-refractivity contribution in [3.05, 3.63) is 71.8 Å². The van der Waals surface area contributed by atoms with Crippen LogP contribution in [0, 0.1) is 0 Å². The monoisotopic (exact) mass is 610 g/mol. The van der Waals surface area contributed by atoms with E-state index in [4.69, 9.17) is 25.7 Å². The summed E-state index contributed by atoms with van der Waals surface area (Å²) >= 11 is 5.16. The molecule has 5 rings (SSSR count). The van der Waals surface area contributed by atoms with Gasteiger partial charge < -0.3 is 14.9 Å². The lowest BCUT2D eigenvalue weighted by atomic mass is 9.82. The molecule has 0 bridgehead atoms. The maximum atomic E-state index is 12.3. The molecule has 2 aliphatic rings. The van der Waals surface area contributed by atoms with Gasteiger partial charge in [0.05, 0.1) is 16.9 Å². The highest BCUT2D eigenvalue weighted by atomic mass is 79.9. The molecule has 2 aromatic heterocycles. The van der Waals surface area contributed by atoms with Gasteiger partial charge in [-0.2, -0.15) is 0 Å². The maximum Gasteiger partial charge on any atom is 0.246 e. The van der Waals surface area contributed by atoms with Gasteiger partial charge >= 0.3 is 0 Å². The van der Waals surface area contributed by atoms with E-state index in [1.165, 1.54) is 6.08 Å². The van der Waals surface area contributed by atoms with Crippen molar-refractivity contribution in [3.8, 4) is 17.0 Å². The second-order valence-electron chi connectivity index (χ2n) is 9.41. The van der Waals surface area contributed by atoms with Gasteiger partial charge in [0.1, 0.15) is 37.7 Å². The van der Waals surface area contributed by atoms with Gasteiger partial charge in [0, 0.05) is 42.3 Å². The molecule has 1 atom stereocenters. The molecule has 4 heterocycles. The summed E-state index contributed by atoms with van der Waals surface area (Å²) < 4.78 is 0.595. The largest absolute Gasteiger partial charge is 0.507 e. The second-order valence-corrected chi connectivity index (χ2v) is 11.0. The molecule has 1 amide bonds. The molecular formula is C28H25B2BrN6O2S. The van der Waals surface area contributed by atoms with E-state index in [1.54, 1.807) is 47.1 Å². The highest BCUT2D eigenvalue weighted by Gasteiger charge is 2.36. The number of piperazine rings is 1. The second kappa shape index (κ2) is 11.2. The number of pyridine rings is 2. The first-order chi connectivity index (χ1) is 19.2. The van der Waals surface area contributed by atoms with Crippen molar-refractivity contribution in [2.75, 3.05) is 30.8 Å². The third kappa shape index (κ3) is 4.83. The fourth-order valence-electron chi connectivity index (χ4n) is 5.06. The Morgan fingerprint density at radius 1 is 1.25 bits per heavy atom. The Morgan fingerprint density at radius 2 is 2.02 bits per heavy atom. The Labute approximate surface area is 248 Å². The van der Waals surface area contributed by atoms with Crippen molar-refractivity contribution in [2.24, 2.45) is 4.99 Å². The number of thioether (sulfide) groups is 1. The number of fused-ring (bicyclic) bond motifs is 1. The SMILES string of the molecule is [B]c1cc2c(nc1-c1c([B])cccc1O)N(c1c(SC)ccnc1Br)C(=C)N=C2N1CCN(C(=O)C=C)CC1C. The summed E-state index contributed by atoms with van der Waals surface area (Å²) in [6.45, 7) is 11.5. The van der Waals surface area contributed by atoms with E-state index in [0.29, 0.717) is 69.5 Å². The van der Waals surface area contributed by atoms with Crippen LogP contribution in [0.25, 0.3) is 11.3 Å². The number of rotatable bonds is 4. The number of anilines is 2. The van der Waals surface area contributed by atoms with E-state index in [0.717, 1.165) is 10.6 Å². The number of aromatic hydroxyl groups is 1. The zero-order valence-corrected chi connectivity index (χ0v) is 24.5. The molecule has 1 N–H and O–H groups in total. The molecule has 4 radical (unpaired) electrons. The molecule has 1 saturated heterocycles. The zero-order chi connectivity index (χ0) is 28.7. The summed E-state index contributed by atoms with van der Waals surface area (Å²) in [5, 5.41) is 10.7. The molecule has 2 aliphatic heterocycles. The fraction of sp³-hybridized carbons (Fsp3) is 0.214. The Morgan fingerprint density at radius 3 is 2.70 bits per heavy atom. The zero-order valence-electron chi connectivity index (χ0n) is 22.1. The van der Waals surface area contributed by atoms with Gasteiger partial charge in [-0.3, -0.25) is 9.69 Å². The first kappa shape index (κ1) is 28.0. The first-order valence-electron chi connectivity index (χ1n) is 12.5. The molecule has 0 spiro atoms. The van der Waals surface area contributed by atoms with Crippen LogP contribution < -0.4 is 15.8 Å². The van der Waals surface area contributed by atoms with E-state index in [-0.39, 0.29) is 17.7 Å². The molecular weight excluding hydrogens is 586 g/mol. The number of amidine groups is 1. The summed E-state index contributed by atoms with van der Waals surface area (Å²) in [5.41, 5.74) is 2.77. The van der Waals surface area contributed by atoms with Gasteiger partial charge in [0.2, 0.25) is 5.91 Å². The predicted octanol–water partition coefficient (Wildman–Crippen LogP) is 3.01. The minimum Gasteiger partial charge on any atom is -0.507 e. The van der Waals surface area contributed by atoms with Crippen LogP contribution in [0.4, 0.5) is 11.5 Å². The minimum absolute atomic E-state index is 0.0294. The van der Waals surface area contributed by atoms with E-state index < -0.39 is 0 Å². The van der Waals surface area contributed by atoms with Crippen molar-refractivity contribution >= 4 is 77.6 Å².